The number of carbonyl (C=O) groups excluding carboxylic acids is 2. The lowest BCUT2D eigenvalue weighted by Gasteiger charge is -2.37. The van der Waals surface area contributed by atoms with Crippen LogP contribution in [-0.4, -0.2) is 42.9 Å². The number of Topliss-reactive ketones (excluding diaryl/α,β-unsaturated/α-hetero) is 1. The lowest BCUT2D eigenvalue weighted by atomic mass is 9.75. The number of morpholine rings is 1. The third-order valence-electron chi connectivity index (χ3n) is 5.51. The minimum atomic E-state index is -0.346. The molecule has 1 unspecified atom stereocenters. The zero-order chi connectivity index (χ0) is 19.0. The van der Waals surface area contributed by atoms with Crippen molar-refractivity contribution >= 4 is 23.3 Å². The maximum atomic E-state index is 13.4. The zero-order valence-corrected chi connectivity index (χ0v) is 16.1. The number of halogens is 1. The Morgan fingerprint density at radius 2 is 1.89 bits per heavy atom. The van der Waals surface area contributed by atoms with Gasteiger partial charge in [0.1, 0.15) is 0 Å². The van der Waals surface area contributed by atoms with Crippen molar-refractivity contribution in [2.45, 2.75) is 32.1 Å². The fourth-order valence-electron chi connectivity index (χ4n) is 4.19. The Balaban J connectivity index is 1.80. The van der Waals surface area contributed by atoms with Crippen LogP contribution in [0.4, 0.5) is 0 Å². The van der Waals surface area contributed by atoms with E-state index in [1.807, 2.05) is 36.1 Å². The number of hydrogen-bond donors (Lipinski definition) is 1. The van der Waals surface area contributed by atoms with E-state index in [-0.39, 0.29) is 17.6 Å². The molecule has 0 saturated carbocycles. The van der Waals surface area contributed by atoms with E-state index in [0.717, 1.165) is 35.4 Å². The van der Waals surface area contributed by atoms with Gasteiger partial charge in [-0.05, 0) is 37.5 Å². The molecule has 5 nitrogen and oxygen atoms in total. The Labute approximate surface area is 164 Å². The van der Waals surface area contributed by atoms with Gasteiger partial charge < -0.3 is 15.0 Å². The number of ketones is 1. The molecule has 1 N–H and O–H groups in total. The monoisotopic (exact) mass is 386 g/mol. The molecule has 1 aromatic carbocycles. The fourth-order valence-corrected chi connectivity index (χ4v) is 4.32. The smallest absolute Gasteiger partial charge is 0.252 e. The quantitative estimate of drug-likeness (QED) is 0.848. The number of carbonyl (C=O) groups is 2. The molecule has 1 aliphatic carbocycles. The van der Waals surface area contributed by atoms with Crippen LogP contribution in [0.15, 0.2) is 46.8 Å². The molecule has 1 saturated heterocycles. The van der Waals surface area contributed by atoms with Gasteiger partial charge in [0.15, 0.2) is 5.78 Å². The van der Waals surface area contributed by atoms with Gasteiger partial charge >= 0.3 is 0 Å². The van der Waals surface area contributed by atoms with Gasteiger partial charge in [-0.3, -0.25) is 9.59 Å². The van der Waals surface area contributed by atoms with Gasteiger partial charge in [-0.1, -0.05) is 23.7 Å². The molecule has 0 spiro atoms. The first-order valence-corrected chi connectivity index (χ1v) is 9.80. The molecule has 27 heavy (non-hydrogen) atoms. The summed E-state index contributed by atoms with van der Waals surface area (Å²) in [6.45, 7) is 4.17. The first-order valence-electron chi connectivity index (χ1n) is 9.43. The van der Waals surface area contributed by atoms with E-state index >= 15 is 0 Å². The van der Waals surface area contributed by atoms with Crippen LogP contribution in [0.5, 0.6) is 0 Å². The third-order valence-corrected chi connectivity index (χ3v) is 5.76. The van der Waals surface area contributed by atoms with Crippen molar-refractivity contribution < 1.29 is 14.3 Å². The highest BCUT2D eigenvalue weighted by atomic mass is 35.5. The van der Waals surface area contributed by atoms with E-state index in [4.69, 9.17) is 16.3 Å². The van der Waals surface area contributed by atoms with Crippen LogP contribution in [0.3, 0.4) is 0 Å². The predicted octanol–water partition coefficient (Wildman–Crippen LogP) is 3.17. The molecule has 1 fully saturated rings. The van der Waals surface area contributed by atoms with Gasteiger partial charge in [-0.15, -0.1) is 0 Å². The Morgan fingerprint density at radius 1 is 1.19 bits per heavy atom. The first kappa shape index (κ1) is 18.3. The van der Waals surface area contributed by atoms with Crippen molar-refractivity contribution in [1.29, 1.82) is 0 Å². The summed E-state index contributed by atoms with van der Waals surface area (Å²) in [5.41, 5.74) is 4.13. The topological polar surface area (TPSA) is 58.6 Å². The molecule has 142 valence electrons. The molecule has 6 heteroatoms. The number of nitrogens with one attached hydrogen (secondary N) is 1. The van der Waals surface area contributed by atoms with Crippen molar-refractivity contribution in [3.8, 4) is 0 Å². The molecule has 1 atom stereocenters. The molecule has 2 heterocycles. The SMILES string of the molecule is CC1=C(C(=O)N2CCOCC2)C(c2ccc(Cl)cc2)C2=C(CCCC2=O)N1. The Bertz CT molecular complexity index is 835. The molecule has 0 bridgehead atoms. The van der Waals surface area contributed by atoms with E-state index in [2.05, 4.69) is 5.32 Å². The summed E-state index contributed by atoms with van der Waals surface area (Å²) in [4.78, 5) is 28.1. The van der Waals surface area contributed by atoms with E-state index in [1.165, 1.54) is 0 Å². The number of benzene rings is 1. The summed E-state index contributed by atoms with van der Waals surface area (Å²) in [6.07, 6.45) is 2.21. The molecule has 4 rings (SSSR count). The maximum absolute atomic E-state index is 13.4. The lowest BCUT2D eigenvalue weighted by Crippen LogP contribution is -2.44. The summed E-state index contributed by atoms with van der Waals surface area (Å²) in [5, 5.41) is 4.00. The van der Waals surface area contributed by atoms with Crippen LogP contribution in [0.2, 0.25) is 5.02 Å². The van der Waals surface area contributed by atoms with E-state index in [1.54, 1.807) is 0 Å². The number of amides is 1. The summed E-state index contributed by atoms with van der Waals surface area (Å²) in [5.74, 6) is -0.238. The van der Waals surface area contributed by atoms with Crippen LogP contribution in [-0.2, 0) is 14.3 Å². The molecular formula is C21H23ClN2O3. The normalized spacial score (nSPS) is 23.3. The maximum Gasteiger partial charge on any atom is 0.252 e. The summed E-state index contributed by atoms with van der Waals surface area (Å²) in [7, 11) is 0. The summed E-state index contributed by atoms with van der Waals surface area (Å²) >= 11 is 6.07. The van der Waals surface area contributed by atoms with Crippen LogP contribution in [0.1, 0.15) is 37.7 Å². The molecular weight excluding hydrogens is 364 g/mol. The van der Waals surface area contributed by atoms with Crippen LogP contribution >= 0.6 is 11.6 Å². The molecule has 0 radical (unpaired) electrons. The minimum absolute atomic E-state index is 0.0202. The fraction of sp³-hybridized carbons (Fsp3) is 0.429. The van der Waals surface area contributed by atoms with Crippen molar-refractivity contribution in [3.63, 3.8) is 0 Å². The third kappa shape index (κ3) is 3.42. The summed E-state index contributed by atoms with van der Waals surface area (Å²) < 4.78 is 5.39. The zero-order valence-electron chi connectivity index (χ0n) is 15.4. The largest absolute Gasteiger partial charge is 0.378 e. The van der Waals surface area contributed by atoms with Gasteiger partial charge in [0.2, 0.25) is 0 Å². The van der Waals surface area contributed by atoms with Gasteiger partial charge in [0.25, 0.3) is 5.91 Å². The van der Waals surface area contributed by atoms with E-state index < -0.39 is 0 Å². The number of allylic oxidation sites excluding steroid dienone is 3. The second-order valence-corrected chi connectivity index (χ2v) is 7.66. The van der Waals surface area contributed by atoms with E-state index in [9.17, 15) is 9.59 Å². The van der Waals surface area contributed by atoms with Crippen LogP contribution in [0.25, 0.3) is 0 Å². The number of rotatable bonds is 2. The molecule has 3 aliphatic rings. The molecule has 0 aromatic heterocycles. The predicted molar refractivity (Wildman–Crippen MR) is 103 cm³/mol. The standard InChI is InChI=1S/C21H23ClN2O3/c1-13-18(21(26)24-9-11-27-12-10-24)19(14-5-7-15(22)8-6-14)20-16(23-13)3-2-4-17(20)25/h5-8,19,23H,2-4,9-12H2,1H3. The first-order chi connectivity index (χ1) is 13.1. The van der Waals surface area contributed by atoms with Crippen molar-refractivity contribution in [2.75, 3.05) is 26.3 Å². The van der Waals surface area contributed by atoms with E-state index in [0.29, 0.717) is 43.3 Å². The number of dihydropyridines is 1. The highest BCUT2D eigenvalue weighted by Gasteiger charge is 2.39. The minimum Gasteiger partial charge on any atom is -0.378 e. The Kier molecular flexibility index (Phi) is 5.06. The van der Waals surface area contributed by atoms with Crippen LogP contribution < -0.4 is 5.32 Å². The number of ether oxygens (including phenoxy) is 1. The van der Waals surface area contributed by atoms with Gasteiger partial charge in [0.05, 0.1) is 13.2 Å². The van der Waals surface area contributed by atoms with Crippen molar-refractivity contribution in [2.24, 2.45) is 0 Å². The Hall–Kier alpha value is -2.11. The highest BCUT2D eigenvalue weighted by Crippen LogP contribution is 2.42. The van der Waals surface area contributed by atoms with Gasteiger partial charge in [0, 0.05) is 53.0 Å². The summed E-state index contributed by atoms with van der Waals surface area (Å²) in [6, 6.07) is 7.48. The van der Waals surface area contributed by atoms with Crippen molar-refractivity contribution in [3.05, 3.63) is 57.4 Å². The Morgan fingerprint density at radius 3 is 2.59 bits per heavy atom. The second-order valence-electron chi connectivity index (χ2n) is 7.22. The molecule has 2 aliphatic heterocycles. The van der Waals surface area contributed by atoms with Crippen molar-refractivity contribution in [1.82, 2.24) is 10.2 Å². The highest BCUT2D eigenvalue weighted by molar-refractivity contribution is 6.30. The number of nitrogens with zero attached hydrogens (tertiary/aromatic N) is 1. The second kappa shape index (κ2) is 7.49. The molecule has 1 amide bonds. The van der Waals surface area contributed by atoms with Gasteiger partial charge in [-0.25, -0.2) is 0 Å². The average molecular weight is 387 g/mol. The van der Waals surface area contributed by atoms with Crippen LogP contribution in [0, 0.1) is 0 Å². The van der Waals surface area contributed by atoms with Gasteiger partial charge in [-0.2, -0.15) is 0 Å². The molecule has 1 aromatic rings. The number of hydrogen-bond acceptors (Lipinski definition) is 4. The average Bonchev–Trinajstić information content (AvgIpc) is 2.68. The lowest BCUT2D eigenvalue weighted by molar-refractivity contribution is -0.131.